The Labute approximate surface area is 166 Å². The molecular formula is C21H29N3O4. The van der Waals surface area contributed by atoms with Crippen molar-refractivity contribution in [2.24, 2.45) is 5.41 Å². The Kier molecular flexibility index (Phi) is 6.17. The number of ether oxygens (including phenoxy) is 1. The highest BCUT2D eigenvalue weighted by Crippen LogP contribution is 2.31. The van der Waals surface area contributed by atoms with Gasteiger partial charge in [-0.15, -0.1) is 0 Å². The van der Waals surface area contributed by atoms with E-state index in [4.69, 9.17) is 4.74 Å². The maximum absolute atomic E-state index is 12.7. The first-order valence-corrected chi connectivity index (χ1v) is 9.29. The van der Waals surface area contributed by atoms with E-state index >= 15 is 0 Å². The summed E-state index contributed by atoms with van der Waals surface area (Å²) < 4.78 is 5.38. The largest absolute Gasteiger partial charge is 0.459 e. The van der Waals surface area contributed by atoms with E-state index in [2.05, 4.69) is 10.6 Å². The van der Waals surface area contributed by atoms with Gasteiger partial charge in [-0.1, -0.05) is 32.9 Å². The third-order valence-electron chi connectivity index (χ3n) is 4.50. The van der Waals surface area contributed by atoms with Crippen molar-refractivity contribution in [3.05, 3.63) is 41.1 Å². The third-order valence-corrected chi connectivity index (χ3v) is 4.50. The van der Waals surface area contributed by atoms with Crippen molar-refractivity contribution in [1.29, 1.82) is 0 Å². The number of carbonyl (C=O) groups is 3. The van der Waals surface area contributed by atoms with Crippen molar-refractivity contribution >= 4 is 23.6 Å². The molecule has 0 fully saturated rings. The molecule has 2 rings (SSSR count). The molecule has 0 unspecified atom stereocenters. The molecule has 0 aliphatic carbocycles. The van der Waals surface area contributed by atoms with Gasteiger partial charge in [0.2, 0.25) is 5.91 Å². The Morgan fingerprint density at radius 3 is 2.25 bits per heavy atom. The predicted molar refractivity (Wildman–Crippen MR) is 107 cm³/mol. The average Bonchev–Trinajstić information content (AvgIpc) is 2.58. The summed E-state index contributed by atoms with van der Waals surface area (Å²) in [6.07, 6.45) is -0.272. The summed E-state index contributed by atoms with van der Waals surface area (Å²) in [6.45, 7) is 10.8. The second kappa shape index (κ2) is 8.04. The summed E-state index contributed by atoms with van der Waals surface area (Å²) in [7, 11) is 1.61. The molecular weight excluding hydrogens is 358 g/mol. The van der Waals surface area contributed by atoms with E-state index in [9.17, 15) is 14.4 Å². The zero-order valence-electron chi connectivity index (χ0n) is 17.5. The van der Waals surface area contributed by atoms with Gasteiger partial charge in [-0.05, 0) is 38.5 Å². The number of nitrogens with zero attached hydrogens (tertiary/aromatic N) is 1. The lowest BCUT2D eigenvalue weighted by molar-refractivity contribution is -0.143. The number of allylic oxidation sites excluding steroid dienone is 1. The van der Waals surface area contributed by atoms with Gasteiger partial charge in [0.25, 0.3) is 0 Å². The molecule has 7 nitrogen and oxygen atoms in total. The summed E-state index contributed by atoms with van der Waals surface area (Å²) in [5, 5.41) is 5.70. The Morgan fingerprint density at radius 2 is 1.75 bits per heavy atom. The fraction of sp³-hybridized carbons (Fsp3) is 0.476. The molecule has 0 saturated carbocycles. The molecule has 28 heavy (non-hydrogen) atoms. The highest BCUT2D eigenvalue weighted by molar-refractivity contribution is 5.96. The smallest absolute Gasteiger partial charge is 0.338 e. The molecule has 0 spiro atoms. The number of rotatable bonds is 4. The number of urea groups is 1. The molecule has 7 heteroatoms. The fourth-order valence-electron chi connectivity index (χ4n) is 2.70. The summed E-state index contributed by atoms with van der Waals surface area (Å²) in [4.78, 5) is 38.5. The highest BCUT2D eigenvalue weighted by Gasteiger charge is 2.35. The lowest BCUT2D eigenvalue weighted by atomic mass is 9.94. The first kappa shape index (κ1) is 21.5. The summed E-state index contributed by atoms with van der Waals surface area (Å²) in [5.74, 6) is -0.556. The van der Waals surface area contributed by atoms with Crippen molar-refractivity contribution in [1.82, 2.24) is 10.2 Å². The molecule has 1 heterocycles. The van der Waals surface area contributed by atoms with E-state index in [-0.39, 0.29) is 18.0 Å². The summed E-state index contributed by atoms with van der Waals surface area (Å²) in [6, 6.07) is 6.15. The van der Waals surface area contributed by atoms with Gasteiger partial charge >= 0.3 is 12.0 Å². The minimum atomic E-state index is -0.623. The van der Waals surface area contributed by atoms with Crippen LogP contribution >= 0.6 is 0 Å². The van der Waals surface area contributed by atoms with Crippen LogP contribution in [0.1, 0.15) is 53.1 Å². The van der Waals surface area contributed by atoms with E-state index < -0.39 is 17.4 Å². The molecule has 1 aliphatic rings. The Morgan fingerprint density at radius 1 is 1.18 bits per heavy atom. The van der Waals surface area contributed by atoms with Crippen molar-refractivity contribution in [2.75, 3.05) is 12.4 Å². The van der Waals surface area contributed by atoms with Gasteiger partial charge in [-0.25, -0.2) is 9.59 Å². The minimum absolute atomic E-state index is 0.0928. The monoisotopic (exact) mass is 387 g/mol. The summed E-state index contributed by atoms with van der Waals surface area (Å²) >= 11 is 0. The number of amides is 3. The van der Waals surface area contributed by atoms with Crippen LogP contribution in [-0.4, -0.2) is 36.0 Å². The van der Waals surface area contributed by atoms with Crippen molar-refractivity contribution in [2.45, 2.75) is 53.7 Å². The Balaban J connectivity index is 2.34. The molecule has 2 N–H and O–H groups in total. The molecule has 0 radical (unpaired) electrons. The Hall–Kier alpha value is -2.83. The van der Waals surface area contributed by atoms with E-state index in [0.29, 0.717) is 17.0 Å². The van der Waals surface area contributed by atoms with Crippen LogP contribution in [0.15, 0.2) is 35.5 Å². The molecule has 0 bridgehead atoms. The van der Waals surface area contributed by atoms with Crippen LogP contribution in [0.5, 0.6) is 0 Å². The number of anilines is 1. The van der Waals surface area contributed by atoms with Crippen molar-refractivity contribution in [3.63, 3.8) is 0 Å². The van der Waals surface area contributed by atoms with Crippen molar-refractivity contribution < 1.29 is 19.1 Å². The van der Waals surface area contributed by atoms with Gasteiger partial charge in [0.05, 0.1) is 17.7 Å². The number of hydrogen-bond acceptors (Lipinski definition) is 4. The average molecular weight is 387 g/mol. The topological polar surface area (TPSA) is 87.7 Å². The van der Waals surface area contributed by atoms with Gasteiger partial charge in [-0.3, -0.25) is 4.79 Å². The zero-order valence-corrected chi connectivity index (χ0v) is 17.5. The van der Waals surface area contributed by atoms with E-state index in [1.807, 2.05) is 20.8 Å². The van der Waals surface area contributed by atoms with Crippen LogP contribution in [0.2, 0.25) is 0 Å². The van der Waals surface area contributed by atoms with Crippen molar-refractivity contribution in [3.8, 4) is 0 Å². The van der Waals surface area contributed by atoms with Gasteiger partial charge in [0, 0.05) is 23.8 Å². The van der Waals surface area contributed by atoms with Crippen LogP contribution in [0.25, 0.3) is 0 Å². The van der Waals surface area contributed by atoms with Crippen LogP contribution in [0.3, 0.4) is 0 Å². The lowest BCUT2D eigenvalue weighted by Crippen LogP contribution is -2.46. The fourth-order valence-corrected chi connectivity index (χ4v) is 2.70. The molecule has 3 amide bonds. The molecule has 1 aromatic carbocycles. The van der Waals surface area contributed by atoms with E-state index in [0.717, 1.165) is 5.56 Å². The molecule has 1 atom stereocenters. The normalized spacial score (nSPS) is 17.5. The molecule has 1 aliphatic heterocycles. The molecule has 0 aromatic heterocycles. The SMILES string of the molecule is CC1=C(C(=O)OC(C)C)[C@@H](c2ccc(NC(=O)C(C)(C)C)cc2)NC(=O)N1C. The maximum Gasteiger partial charge on any atom is 0.338 e. The first-order valence-electron chi connectivity index (χ1n) is 9.29. The minimum Gasteiger partial charge on any atom is -0.459 e. The van der Waals surface area contributed by atoms with E-state index in [1.165, 1.54) is 4.90 Å². The third kappa shape index (κ3) is 4.71. The van der Waals surface area contributed by atoms with E-state index in [1.54, 1.807) is 52.1 Å². The van der Waals surface area contributed by atoms with Crippen LogP contribution in [0.4, 0.5) is 10.5 Å². The van der Waals surface area contributed by atoms with Gasteiger partial charge in [0.1, 0.15) is 0 Å². The number of hydrogen-bond donors (Lipinski definition) is 2. The second-order valence-corrected chi connectivity index (χ2v) is 8.22. The van der Waals surface area contributed by atoms with Gasteiger partial charge < -0.3 is 20.3 Å². The van der Waals surface area contributed by atoms with Gasteiger partial charge in [0.15, 0.2) is 0 Å². The van der Waals surface area contributed by atoms with Crippen LogP contribution in [-0.2, 0) is 14.3 Å². The quantitative estimate of drug-likeness (QED) is 0.773. The number of benzene rings is 1. The molecule has 152 valence electrons. The molecule has 1 aromatic rings. The molecule has 0 saturated heterocycles. The maximum atomic E-state index is 12.7. The van der Waals surface area contributed by atoms with Crippen LogP contribution < -0.4 is 10.6 Å². The number of carbonyl (C=O) groups excluding carboxylic acids is 3. The van der Waals surface area contributed by atoms with Crippen LogP contribution in [0, 0.1) is 5.41 Å². The summed E-state index contributed by atoms with van der Waals surface area (Å²) in [5.41, 5.74) is 1.81. The Bertz CT molecular complexity index is 804. The standard InChI is InChI=1S/C21H29N3O4/c1-12(2)28-18(25)16-13(3)24(7)20(27)23-17(16)14-8-10-15(11-9-14)22-19(26)21(4,5)6/h8-12,17H,1-7H3,(H,22,26)(H,23,27)/t17-/m1/s1. The van der Waals surface area contributed by atoms with Gasteiger partial charge in [-0.2, -0.15) is 0 Å². The number of nitrogens with one attached hydrogen (secondary N) is 2. The second-order valence-electron chi connectivity index (χ2n) is 8.22. The zero-order chi connectivity index (χ0) is 21.2. The first-order chi connectivity index (χ1) is 12.9. The predicted octanol–water partition coefficient (Wildman–Crippen LogP) is 3.59. The lowest BCUT2D eigenvalue weighted by Gasteiger charge is -2.33. The number of esters is 1. The highest BCUT2D eigenvalue weighted by atomic mass is 16.5.